The molecule has 0 radical (unpaired) electrons. The molecule has 1 heterocycles. The van der Waals surface area contributed by atoms with Crippen LogP contribution in [-0.4, -0.2) is 29.1 Å². The van der Waals surface area contributed by atoms with Crippen molar-refractivity contribution in [1.29, 1.82) is 0 Å². The summed E-state index contributed by atoms with van der Waals surface area (Å²) < 4.78 is 0. The lowest BCUT2D eigenvalue weighted by Crippen LogP contribution is -2.32. The maximum atomic E-state index is 12.8. The van der Waals surface area contributed by atoms with E-state index < -0.39 is 0 Å². The Hall–Kier alpha value is -1.49. The molecule has 0 N–H and O–H groups in total. The van der Waals surface area contributed by atoms with Crippen molar-refractivity contribution >= 4 is 46.0 Å². The van der Waals surface area contributed by atoms with Gasteiger partial charge >= 0.3 is 0 Å². The van der Waals surface area contributed by atoms with Crippen molar-refractivity contribution in [2.45, 2.75) is 19.6 Å². The number of carbonyl (C=O) groups is 1. The zero-order chi connectivity index (χ0) is 18.0. The first-order chi connectivity index (χ1) is 12.0. The smallest absolute Gasteiger partial charge is 0.259 e. The first kappa shape index (κ1) is 18.3. The zero-order valence-electron chi connectivity index (χ0n) is 14.1. The van der Waals surface area contributed by atoms with Crippen LogP contribution in [0.4, 0.5) is 0 Å². The quantitative estimate of drug-likeness (QED) is 0.704. The minimum atomic E-state index is 0.000915. The number of thioether (sulfide) groups is 1. The summed E-state index contributed by atoms with van der Waals surface area (Å²) in [6, 6.07) is 11.4. The van der Waals surface area contributed by atoms with Crippen LogP contribution in [0.2, 0.25) is 10.0 Å². The molecule has 130 valence electrons. The molecule has 2 aromatic rings. The van der Waals surface area contributed by atoms with Gasteiger partial charge in [-0.05, 0) is 54.8 Å². The van der Waals surface area contributed by atoms with E-state index in [-0.39, 0.29) is 5.91 Å². The third kappa shape index (κ3) is 4.20. The van der Waals surface area contributed by atoms with E-state index in [2.05, 4.69) is 4.99 Å². The van der Waals surface area contributed by atoms with Gasteiger partial charge in [-0.15, -0.1) is 0 Å². The predicted octanol–water partition coefficient (Wildman–Crippen LogP) is 5.36. The molecule has 0 unspecified atom stereocenters. The maximum Gasteiger partial charge on any atom is 0.259 e. The fourth-order valence-corrected chi connectivity index (χ4v) is 3.85. The van der Waals surface area contributed by atoms with Gasteiger partial charge in [-0.3, -0.25) is 14.7 Å². The second-order valence-corrected chi connectivity index (χ2v) is 7.71. The molecule has 0 bridgehead atoms. The fourth-order valence-electron chi connectivity index (χ4n) is 2.55. The molecule has 0 atom stereocenters. The number of halogens is 2. The van der Waals surface area contributed by atoms with Crippen molar-refractivity contribution in [1.82, 2.24) is 4.90 Å². The summed E-state index contributed by atoms with van der Waals surface area (Å²) in [7, 11) is 0. The maximum absolute atomic E-state index is 12.8. The summed E-state index contributed by atoms with van der Waals surface area (Å²) in [5.74, 6) is 0.688. The lowest BCUT2D eigenvalue weighted by atomic mass is 10.1. The van der Waals surface area contributed by atoms with Crippen LogP contribution in [0.1, 0.15) is 27.0 Å². The summed E-state index contributed by atoms with van der Waals surface area (Å²) in [5, 5.41) is 1.84. The number of carbonyl (C=O) groups excluding carboxylic acids is 1. The highest BCUT2D eigenvalue weighted by molar-refractivity contribution is 8.13. The molecular formula is C19H18Cl2N2OS. The number of nitrogens with zero attached hydrogens (tertiary/aromatic N) is 2. The largest absolute Gasteiger partial charge is 0.286 e. The van der Waals surface area contributed by atoms with Crippen LogP contribution in [0, 0.1) is 13.8 Å². The van der Waals surface area contributed by atoms with Gasteiger partial charge in [-0.25, -0.2) is 0 Å². The third-order valence-corrected chi connectivity index (χ3v) is 5.98. The lowest BCUT2D eigenvalue weighted by molar-refractivity contribution is 0.0860. The molecule has 2 aromatic carbocycles. The normalized spacial score (nSPS) is 13.9. The van der Waals surface area contributed by atoms with Crippen LogP contribution >= 0.6 is 35.0 Å². The molecule has 1 aliphatic heterocycles. The molecule has 1 amide bonds. The minimum Gasteiger partial charge on any atom is -0.286 e. The molecule has 0 spiro atoms. The average molecular weight is 393 g/mol. The van der Waals surface area contributed by atoms with Crippen molar-refractivity contribution < 1.29 is 4.79 Å². The molecule has 0 aliphatic carbocycles. The molecule has 3 nitrogen and oxygen atoms in total. The van der Waals surface area contributed by atoms with Gasteiger partial charge < -0.3 is 0 Å². The number of aryl methyl sites for hydroxylation is 2. The Labute approximate surface area is 162 Å². The van der Waals surface area contributed by atoms with Gasteiger partial charge in [0.15, 0.2) is 5.17 Å². The van der Waals surface area contributed by atoms with Crippen molar-refractivity contribution in [3.63, 3.8) is 0 Å². The number of benzene rings is 2. The molecule has 0 aromatic heterocycles. The number of amides is 1. The molecule has 1 aliphatic rings. The van der Waals surface area contributed by atoms with Crippen molar-refractivity contribution in [2.24, 2.45) is 4.99 Å². The summed E-state index contributed by atoms with van der Waals surface area (Å²) in [6.45, 7) is 5.32. The highest BCUT2D eigenvalue weighted by atomic mass is 35.5. The van der Waals surface area contributed by atoms with Gasteiger partial charge in [-0.2, -0.15) is 0 Å². The summed E-state index contributed by atoms with van der Waals surface area (Å²) in [6.07, 6.45) is 0. The van der Waals surface area contributed by atoms with E-state index in [1.807, 2.05) is 44.2 Å². The summed E-state index contributed by atoms with van der Waals surface area (Å²) >= 11 is 13.6. The Morgan fingerprint density at radius 1 is 1.12 bits per heavy atom. The first-order valence-electron chi connectivity index (χ1n) is 7.96. The van der Waals surface area contributed by atoms with Crippen molar-refractivity contribution in [2.75, 3.05) is 13.1 Å². The topological polar surface area (TPSA) is 32.7 Å². The monoisotopic (exact) mass is 392 g/mol. The van der Waals surface area contributed by atoms with Crippen LogP contribution in [0.25, 0.3) is 0 Å². The summed E-state index contributed by atoms with van der Waals surface area (Å²) in [5.41, 5.74) is 4.05. The Balaban J connectivity index is 1.70. The Bertz CT molecular complexity index is 851. The molecule has 0 fully saturated rings. The lowest BCUT2D eigenvalue weighted by Gasteiger charge is -2.18. The van der Waals surface area contributed by atoms with Gasteiger partial charge in [0, 0.05) is 17.9 Å². The van der Waals surface area contributed by atoms with E-state index in [0.717, 1.165) is 16.3 Å². The number of rotatable bonds is 3. The van der Waals surface area contributed by atoms with E-state index in [9.17, 15) is 4.79 Å². The molecule has 0 saturated carbocycles. The number of hydrogen-bond acceptors (Lipinski definition) is 3. The van der Waals surface area contributed by atoms with Crippen molar-refractivity contribution in [3.8, 4) is 0 Å². The van der Waals surface area contributed by atoms with E-state index in [0.29, 0.717) is 34.5 Å². The second kappa shape index (κ2) is 7.81. The molecular weight excluding hydrogens is 375 g/mol. The molecule has 0 saturated heterocycles. The van der Waals surface area contributed by atoms with Crippen LogP contribution < -0.4 is 0 Å². The van der Waals surface area contributed by atoms with Gasteiger partial charge in [0.25, 0.3) is 5.91 Å². The molecule has 3 rings (SSSR count). The third-order valence-electron chi connectivity index (χ3n) is 4.15. The Morgan fingerprint density at radius 2 is 1.92 bits per heavy atom. The fraction of sp³-hybridized carbons (Fsp3) is 0.263. The van der Waals surface area contributed by atoms with E-state index >= 15 is 0 Å². The number of aliphatic imine (C=N–C) groups is 1. The van der Waals surface area contributed by atoms with Gasteiger partial charge in [0.2, 0.25) is 0 Å². The zero-order valence-corrected chi connectivity index (χ0v) is 16.4. The van der Waals surface area contributed by atoms with Gasteiger partial charge in [-0.1, -0.05) is 47.1 Å². The first-order valence-corrected chi connectivity index (χ1v) is 9.70. The minimum absolute atomic E-state index is 0.000915. The number of amidine groups is 1. The Kier molecular flexibility index (Phi) is 5.72. The van der Waals surface area contributed by atoms with Crippen LogP contribution in [0.15, 0.2) is 41.4 Å². The predicted molar refractivity (Wildman–Crippen MR) is 107 cm³/mol. The standard InChI is InChI=1S/C19H18Cl2N2OS/c1-12-3-5-15(9-13(12)2)18(24)23-8-7-22-19(23)25-11-14-4-6-16(20)17(21)10-14/h3-6,9-10H,7-8,11H2,1-2H3. The number of hydrogen-bond donors (Lipinski definition) is 0. The highest BCUT2D eigenvalue weighted by Crippen LogP contribution is 2.27. The van der Waals surface area contributed by atoms with E-state index in [4.69, 9.17) is 23.2 Å². The van der Waals surface area contributed by atoms with Crippen LogP contribution in [0.3, 0.4) is 0 Å². The van der Waals surface area contributed by atoms with E-state index in [1.54, 1.807) is 22.7 Å². The Morgan fingerprint density at radius 3 is 2.64 bits per heavy atom. The summed E-state index contributed by atoms with van der Waals surface area (Å²) in [4.78, 5) is 19.1. The molecule has 25 heavy (non-hydrogen) atoms. The van der Waals surface area contributed by atoms with Gasteiger partial charge in [0.05, 0.1) is 16.6 Å². The average Bonchev–Trinajstić information content (AvgIpc) is 3.06. The van der Waals surface area contributed by atoms with Gasteiger partial charge in [0.1, 0.15) is 0 Å². The van der Waals surface area contributed by atoms with Crippen LogP contribution in [-0.2, 0) is 5.75 Å². The second-order valence-electron chi connectivity index (χ2n) is 5.96. The van der Waals surface area contributed by atoms with Crippen molar-refractivity contribution in [3.05, 3.63) is 68.7 Å². The van der Waals surface area contributed by atoms with Crippen LogP contribution in [0.5, 0.6) is 0 Å². The van der Waals surface area contributed by atoms with E-state index in [1.165, 1.54) is 5.56 Å². The highest BCUT2D eigenvalue weighted by Gasteiger charge is 2.25. The molecule has 6 heteroatoms. The SMILES string of the molecule is Cc1ccc(C(=O)N2CCN=C2SCc2ccc(Cl)c(Cl)c2)cc1C.